The van der Waals surface area contributed by atoms with E-state index in [2.05, 4.69) is 36.4 Å². The molecular formula is C28H38BrN9O2. The van der Waals surface area contributed by atoms with E-state index < -0.39 is 6.09 Å². The molecule has 1 aromatic carbocycles. The van der Waals surface area contributed by atoms with E-state index in [9.17, 15) is 4.79 Å². The molecule has 1 amide bonds. The summed E-state index contributed by atoms with van der Waals surface area (Å²) < 4.78 is 3.06. The van der Waals surface area contributed by atoms with Gasteiger partial charge in [-0.1, -0.05) is 25.0 Å². The Kier molecular flexibility index (Phi) is 8.35. The average Bonchev–Trinajstić information content (AvgIpc) is 3.63. The maximum Gasteiger partial charge on any atom is 0.430 e. The summed E-state index contributed by atoms with van der Waals surface area (Å²) in [6, 6.07) is 8.71. The molecule has 0 atom stereocenters. The van der Waals surface area contributed by atoms with Gasteiger partial charge in [-0.2, -0.15) is 9.97 Å². The van der Waals surface area contributed by atoms with Crippen molar-refractivity contribution < 1.29 is 9.63 Å². The van der Waals surface area contributed by atoms with Crippen LogP contribution >= 0.6 is 15.9 Å². The van der Waals surface area contributed by atoms with Gasteiger partial charge < -0.3 is 25.8 Å². The molecule has 40 heavy (non-hydrogen) atoms. The van der Waals surface area contributed by atoms with Crippen molar-refractivity contribution in [1.82, 2.24) is 24.6 Å². The van der Waals surface area contributed by atoms with E-state index in [4.69, 9.17) is 25.5 Å². The molecule has 2 aromatic heterocycles. The number of fused-ring (bicyclic) bond motifs is 1. The second kappa shape index (κ2) is 12.3. The van der Waals surface area contributed by atoms with E-state index in [1.807, 2.05) is 30.6 Å². The number of carbonyl (C=O) groups is 1. The molecule has 12 heteroatoms. The van der Waals surface area contributed by atoms with Crippen LogP contribution in [0, 0.1) is 0 Å². The molecular weight excluding hydrogens is 574 g/mol. The Morgan fingerprint density at radius 3 is 2.42 bits per heavy atom. The quantitative estimate of drug-likeness (QED) is 0.276. The van der Waals surface area contributed by atoms with E-state index in [1.165, 1.54) is 12.8 Å². The number of rotatable bonds is 7. The Morgan fingerprint density at radius 1 is 0.950 bits per heavy atom. The van der Waals surface area contributed by atoms with Gasteiger partial charge in [-0.25, -0.2) is 9.78 Å². The fraction of sp³-hybridized carbons (Fsp3) is 0.571. The van der Waals surface area contributed by atoms with Crippen LogP contribution in [0.2, 0.25) is 0 Å². The van der Waals surface area contributed by atoms with Gasteiger partial charge in [0.15, 0.2) is 17.0 Å². The summed E-state index contributed by atoms with van der Waals surface area (Å²) in [5, 5.41) is 11.8. The number of piperidine rings is 1. The Labute approximate surface area is 242 Å². The number of para-hydroxylation sites is 1. The molecule has 3 heterocycles. The van der Waals surface area contributed by atoms with Gasteiger partial charge in [0.25, 0.3) is 0 Å². The lowest BCUT2D eigenvalue weighted by atomic mass is 9.92. The first-order chi connectivity index (χ1) is 19.5. The monoisotopic (exact) mass is 611 g/mol. The topological polar surface area (TPSA) is 135 Å². The minimum absolute atomic E-state index is 0.182. The maximum atomic E-state index is 12.4. The third-order valence-electron chi connectivity index (χ3n) is 8.36. The highest BCUT2D eigenvalue weighted by Gasteiger charge is 2.27. The summed E-state index contributed by atoms with van der Waals surface area (Å²) in [6.07, 6.45) is 12.0. The normalized spacial score (nSPS) is 22.9. The van der Waals surface area contributed by atoms with Crippen molar-refractivity contribution in [2.45, 2.75) is 88.4 Å². The van der Waals surface area contributed by atoms with Crippen LogP contribution in [0.15, 0.2) is 35.1 Å². The van der Waals surface area contributed by atoms with E-state index in [-0.39, 0.29) is 6.04 Å². The number of hydrogen-bond donors (Lipinski definition) is 4. The van der Waals surface area contributed by atoms with Gasteiger partial charge in [-0.15, -0.1) is 5.06 Å². The third kappa shape index (κ3) is 6.34. The van der Waals surface area contributed by atoms with Crippen molar-refractivity contribution in [3.63, 3.8) is 0 Å². The number of aromatic nitrogens is 4. The van der Waals surface area contributed by atoms with Crippen LogP contribution < -0.4 is 21.7 Å². The van der Waals surface area contributed by atoms with Crippen molar-refractivity contribution in [3.05, 3.63) is 35.1 Å². The van der Waals surface area contributed by atoms with Crippen molar-refractivity contribution in [2.75, 3.05) is 29.0 Å². The van der Waals surface area contributed by atoms with Crippen molar-refractivity contribution >= 4 is 50.6 Å². The smallest absolute Gasteiger partial charge is 0.365 e. The minimum Gasteiger partial charge on any atom is -0.365 e. The Balaban J connectivity index is 1.12. The number of nitrogens with one attached hydrogen (secondary N) is 3. The lowest BCUT2D eigenvalue weighted by Gasteiger charge is -2.31. The lowest BCUT2D eigenvalue weighted by molar-refractivity contribution is -0.106. The number of hydrogen-bond acceptors (Lipinski definition) is 9. The number of amides is 1. The second-order valence-corrected chi connectivity index (χ2v) is 12.1. The van der Waals surface area contributed by atoms with Gasteiger partial charge in [0.1, 0.15) is 0 Å². The molecule has 1 saturated heterocycles. The summed E-state index contributed by atoms with van der Waals surface area (Å²) >= 11 is 3.44. The first-order valence-electron chi connectivity index (χ1n) is 14.5. The molecule has 0 bridgehead atoms. The highest BCUT2D eigenvalue weighted by Crippen LogP contribution is 2.34. The van der Waals surface area contributed by atoms with Crippen LogP contribution in [-0.4, -0.2) is 61.9 Å². The highest BCUT2D eigenvalue weighted by molar-refractivity contribution is 9.10. The summed E-state index contributed by atoms with van der Waals surface area (Å²) in [4.78, 5) is 32.6. The Hall–Kier alpha value is -2.96. The van der Waals surface area contributed by atoms with Crippen LogP contribution in [0.4, 0.5) is 22.2 Å². The van der Waals surface area contributed by atoms with Gasteiger partial charge in [0.2, 0.25) is 5.95 Å². The largest absolute Gasteiger partial charge is 0.430 e. The van der Waals surface area contributed by atoms with Crippen LogP contribution in [-0.2, 0) is 4.84 Å². The molecule has 3 fully saturated rings. The number of halogens is 1. The zero-order valence-electron chi connectivity index (χ0n) is 22.7. The Bertz CT molecular complexity index is 1310. The zero-order chi connectivity index (χ0) is 27.5. The third-order valence-corrected chi connectivity index (χ3v) is 9.05. The molecule has 3 aliphatic rings. The standard InChI is InChI=1S/C28H38BrN9O2/c29-22-7-3-4-8-23(22)34-28(39)40-37-15-13-20(14-16-37)32-25-24-26(38(17-31-24)21-5-1-2-6-21)36-27(35-25)33-19-11-9-18(30)10-12-19/h3-4,7-8,17-21H,1-2,5-6,9-16,30H2,(H,34,39)(H2,32,33,35,36). The van der Waals surface area contributed by atoms with Crippen molar-refractivity contribution in [2.24, 2.45) is 5.73 Å². The summed E-state index contributed by atoms with van der Waals surface area (Å²) in [7, 11) is 0. The molecule has 11 nitrogen and oxygen atoms in total. The number of anilines is 3. The number of nitrogens with two attached hydrogens (primary N) is 1. The van der Waals surface area contributed by atoms with Gasteiger partial charge in [-0.05, 0) is 79.4 Å². The highest BCUT2D eigenvalue weighted by atomic mass is 79.9. The van der Waals surface area contributed by atoms with E-state index in [1.54, 1.807) is 5.06 Å². The zero-order valence-corrected chi connectivity index (χ0v) is 24.3. The molecule has 3 aromatic rings. The predicted molar refractivity (Wildman–Crippen MR) is 159 cm³/mol. The van der Waals surface area contributed by atoms with Crippen molar-refractivity contribution in [1.29, 1.82) is 0 Å². The lowest BCUT2D eigenvalue weighted by Crippen LogP contribution is -2.41. The van der Waals surface area contributed by atoms with Gasteiger partial charge in [0.05, 0.1) is 12.0 Å². The number of benzene rings is 1. The van der Waals surface area contributed by atoms with Gasteiger partial charge in [0, 0.05) is 41.7 Å². The molecule has 214 valence electrons. The van der Waals surface area contributed by atoms with Crippen LogP contribution in [0.1, 0.15) is 70.3 Å². The van der Waals surface area contributed by atoms with E-state index in [0.29, 0.717) is 42.9 Å². The molecule has 1 aliphatic heterocycles. The van der Waals surface area contributed by atoms with Crippen LogP contribution in [0.25, 0.3) is 11.2 Å². The number of nitrogens with zero attached hydrogens (tertiary/aromatic N) is 5. The first-order valence-corrected chi connectivity index (χ1v) is 15.3. The molecule has 2 saturated carbocycles. The summed E-state index contributed by atoms with van der Waals surface area (Å²) in [5.41, 5.74) is 8.51. The SMILES string of the molecule is NC1CCC(Nc2nc(NC3CCN(OC(=O)Nc4ccccc4Br)CC3)c3ncn(C4CCCC4)c3n2)CC1. The fourth-order valence-corrected chi connectivity index (χ4v) is 6.46. The van der Waals surface area contributed by atoms with E-state index >= 15 is 0 Å². The Morgan fingerprint density at radius 2 is 1.68 bits per heavy atom. The molecule has 0 radical (unpaired) electrons. The fourth-order valence-electron chi connectivity index (χ4n) is 6.07. The second-order valence-electron chi connectivity index (χ2n) is 11.2. The number of carbonyl (C=O) groups excluding carboxylic acids is 1. The molecule has 0 unspecified atom stereocenters. The molecule has 2 aliphatic carbocycles. The maximum absolute atomic E-state index is 12.4. The van der Waals surface area contributed by atoms with Crippen molar-refractivity contribution in [3.8, 4) is 0 Å². The molecule has 5 N–H and O–H groups in total. The average molecular weight is 613 g/mol. The number of imidazole rings is 1. The van der Waals surface area contributed by atoms with Crippen LogP contribution in [0.3, 0.4) is 0 Å². The molecule has 6 rings (SSSR count). The number of hydroxylamine groups is 2. The summed E-state index contributed by atoms with van der Waals surface area (Å²) in [6.45, 7) is 1.25. The predicted octanol–water partition coefficient (Wildman–Crippen LogP) is 5.43. The van der Waals surface area contributed by atoms with Gasteiger partial charge in [-0.3, -0.25) is 5.32 Å². The first kappa shape index (κ1) is 27.2. The van der Waals surface area contributed by atoms with Crippen LogP contribution in [0.5, 0.6) is 0 Å². The molecule has 0 spiro atoms. The summed E-state index contributed by atoms with van der Waals surface area (Å²) in [5.74, 6) is 1.42. The van der Waals surface area contributed by atoms with E-state index in [0.717, 1.165) is 72.8 Å². The minimum atomic E-state index is -0.493. The van der Waals surface area contributed by atoms with Gasteiger partial charge >= 0.3 is 6.09 Å².